The van der Waals surface area contributed by atoms with Gasteiger partial charge in [-0.05, 0) is 37.8 Å². The minimum Gasteiger partial charge on any atom is -0.303 e. The maximum absolute atomic E-state index is 2.67. The van der Waals surface area contributed by atoms with E-state index in [4.69, 9.17) is 0 Å². The van der Waals surface area contributed by atoms with E-state index in [0.29, 0.717) is 5.41 Å². The first kappa shape index (κ1) is 12.0. The minimum absolute atomic E-state index is 0.572. The third-order valence-electron chi connectivity index (χ3n) is 3.31. The van der Waals surface area contributed by atoms with Crippen LogP contribution in [0.3, 0.4) is 0 Å². The molecule has 14 heavy (non-hydrogen) atoms. The fourth-order valence-electron chi connectivity index (χ4n) is 2.50. The van der Waals surface area contributed by atoms with Crippen LogP contribution in [0.2, 0.25) is 0 Å². The van der Waals surface area contributed by atoms with Gasteiger partial charge in [0.1, 0.15) is 0 Å². The molecule has 1 heteroatoms. The van der Waals surface area contributed by atoms with Crippen molar-refractivity contribution in [3.63, 3.8) is 0 Å². The van der Waals surface area contributed by atoms with Gasteiger partial charge in [-0.15, -0.1) is 0 Å². The van der Waals surface area contributed by atoms with E-state index in [1.165, 1.54) is 58.2 Å². The molecule has 1 fully saturated rings. The fraction of sp³-hybridized carbons (Fsp3) is 1.00. The Balaban J connectivity index is 2.12. The topological polar surface area (TPSA) is 3.24 Å². The molecule has 1 saturated heterocycles. The Morgan fingerprint density at radius 3 is 2.57 bits per heavy atom. The molecule has 0 aromatic carbocycles. The number of hydrogen-bond acceptors (Lipinski definition) is 1. The lowest BCUT2D eigenvalue weighted by atomic mass is 9.84. The third kappa shape index (κ3) is 4.45. The SMILES string of the molecule is CCCCCCN1CCCC(C)(C)C1. The molecule has 0 amide bonds. The molecule has 0 atom stereocenters. The van der Waals surface area contributed by atoms with Crippen molar-refractivity contribution in [2.45, 2.75) is 59.3 Å². The van der Waals surface area contributed by atoms with E-state index in [2.05, 4.69) is 25.7 Å². The van der Waals surface area contributed by atoms with Gasteiger partial charge in [-0.3, -0.25) is 0 Å². The Hall–Kier alpha value is -0.0400. The molecule has 1 aliphatic heterocycles. The summed E-state index contributed by atoms with van der Waals surface area (Å²) in [5, 5.41) is 0. The molecule has 0 aromatic rings. The second-order valence-corrected chi connectivity index (χ2v) is 5.60. The van der Waals surface area contributed by atoms with Crippen molar-refractivity contribution >= 4 is 0 Å². The van der Waals surface area contributed by atoms with Gasteiger partial charge >= 0.3 is 0 Å². The van der Waals surface area contributed by atoms with Crippen LogP contribution in [0.1, 0.15) is 59.3 Å². The average Bonchev–Trinajstić information content (AvgIpc) is 2.11. The van der Waals surface area contributed by atoms with Gasteiger partial charge in [0.15, 0.2) is 0 Å². The summed E-state index contributed by atoms with van der Waals surface area (Å²) in [5.74, 6) is 0. The number of likely N-dealkylation sites (tertiary alicyclic amines) is 1. The van der Waals surface area contributed by atoms with Gasteiger partial charge in [0.25, 0.3) is 0 Å². The Bertz CT molecular complexity index is 151. The van der Waals surface area contributed by atoms with Gasteiger partial charge in [-0.25, -0.2) is 0 Å². The smallest absolute Gasteiger partial charge is 0.00327 e. The summed E-state index contributed by atoms with van der Waals surface area (Å²) in [6, 6.07) is 0. The van der Waals surface area contributed by atoms with Crippen LogP contribution >= 0.6 is 0 Å². The van der Waals surface area contributed by atoms with Crippen LogP contribution in [0.15, 0.2) is 0 Å². The zero-order chi connectivity index (χ0) is 10.4. The standard InChI is InChI=1S/C13H27N/c1-4-5-6-7-10-14-11-8-9-13(2,3)12-14/h4-12H2,1-3H3. The molecule has 84 valence electrons. The van der Waals surface area contributed by atoms with Crippen LogP contribution in [0.25, 0.3) is 0 Å². The Morgan fingerprint density at radius 2 is 1.93 bits per heavy atom. The first-order valence-electron chi connectivity index (χ1n) is 6.36. The van der Waals surface area contributed by atoms with Gasteiger partial charge < -0.3 is 4.90 Å². The zero-order valence-corrected chi connectivity index (χ0v) is 10.3. The Labute approximate surface area is 89.9 Å². The maximum Gasteiger partial charge on any atom is 0.00327 e. The highest BCUT2D eigenvalue weighted by Gasteiger charge is 2.25. The lowest BCUT2D eigenvalue weighted by Crippen LogP contribution is -2.40. The molecule has 0 unspecified atom stereocenters. The largest absolute Gasteiger partial charge is 0.303 e. The molecule has 0 aromatic heterocycles. The fourth-order valence-corrected chi connectivity index (χ4v) is 2.50. The first-order chi connectivity index (χ1) is 6.64. The van der Waals surface area contributed by atoms with Gasteiger partial charge in [0, 0.05) is 6.54 Å². The molecule has 0 bridgehead atoms. The molecule has 1 heterocycles. The van der Waals surface area contributed by atoms with E-state index in [-0.39, 0.29) is 0 Å². The molecule has 0 N–H and O–H groups in total. The van der Waals surface area contributed by atoms with Gasteiger partial charge in [-0.1, -0.05) is 40.0 Å². The van der Waals surface area contributed by atoms with Crippen LogP contribution in [0.5, 0.6) is 0 Å². The molecule has 0 spiro atoms. The van der Waals surface area contributed by atoms with Crippen molar-refractivity contribution in [3.05, 3.63) is 0 Å². The quantitative estimate of drug-likeness (QED) is 0.608. The highest BCUT2D eigenvalue weighted by Crippen LogP contribution is 2.28. The second kappa shape index (κ2) is 5.75. The van der Waals surface area contributed by atoms with Gasteiger partial charge in [0.05, 0.1) is 0 Å². The first-order valence-corrected chi connectivity index (χ1v) is 6.36. The van der Waals surface area contributed by atoms with E-state index < -0.39 is 0 Å². The summed E-state index contributed by atoms with van der Waals surface area (Å²) in [7, 11) is 0. The predicted octanol–water partition coefficient (Wildman–Crippen LogP) is 3.69. The van der Waals surface area contributed by atoms with E-state index in [0.717, 1.165) is 0 Å². The Morgan fingerprint density at radius 1 is 1.14 bits per heavy atom. The Kier molecular flexibility index (Phi) is 4.94. The van der Waals surface area contributed by atoms with Crippen molar-refractivity contribution in [2.75, 3.05) is 19.6 Å². The van der Waals surface area contributed by atoms with Gasteiger partial charge in [0.2, 0.25) is 0 Å². The number of unbranched alkanes of at least 4 members (excludes halogenated alkanes) is 3. The van der Waals surface area contributed by atoms with Gasteiger partial charge in [-0.2, -0.15) is 0 Å². The van der Waals surface area contributed by atoms with Crippen molar-refractivity contribution in [1.82, 2.24) is 4.90 Å². The van der Waals surface area contributed by atoms with Crippen molar-refractivity contribution in [1.29, 1.82) is 0 Å². The van der Waals surface area contributed by atoms with Crippen LogP contribution < -0.4 is 0 Å². The molecular weight excluding hydrogens is 170 g/mol. The van der Waals surface area contributed by atoms with Crippen LogP contribution in [0, 0.1) is 5.41 Å². The number of rotatable bonds is 5. The molecule has 0 saturated carbocycles. The zero-order valence-electron chi connectivity index (χ0n) is 10.3. The molecule has 0 radical (unpaired) electrons. The van der Waals surface area contributed by atoms with Crippen molar-refractivity contribution in [3.8, 4) is 0 Å². The lowest BCUT2D eigenvalue weighted by Gasteiger charge is -2.38. The van der Waals surface area contributed by atoms with E-state index in [1.807, 2.05) is 0 Å². The van der Waals surface area contributed by atoms with E-state index in [1.54, 1.807) is 0 Å². The predicted molar refractivity (Wildman–Crippen MR) is 63.6 cm³/mol. The van der Waals surface area contributed by atoms with Crippen LogP contribution in [-0.2, 0) is 0 Å². The van der Waals surface area contributed by atoms with Crippen molar-refractivity contribution in [2.24, 2.45) is 5.41 Å². The minimum atomic E-state index is 0.572. The summed E-state index contributed by atoms with van der Waals surface area (Å²) in [6.07, 6.45) is 8.42. The number of nitrogens with zero attached hydrogens (tertiary/aromatic N) is 1. The monoisotopic (exact) mass is 197 g/mol. The summed E-state index contributed by atoms with van der Waals surface area (Å²) < 4.78 is 0. The normalized spacial score (nSPS) is 22.5. The van der Waals surface area contributed by atoms with Crippen LogP contribution in [-0.4, -0.2) is 24.5 Å². The van der Waals surface area contributed by atoms with Crippen LogP contribution in [0.4, 0.5) is 0 Å². The molecule has 1 nitrogen and oxygen atoms in total. The number of piperidine rings is 1. The maximum atomic E-state index is 2.67. The highest BCUT2D eigenvalue weighted by atomic mass is 15.1. The lowest BCUT2D eigenvalue weighted by molar-refractivity contribution is 0.116. The molecule has 1 rings (SSSR count). The molecule has 1 aliphatic rings. The molecular formula is C13H27N. The second-order valence-electron chi connectivity index (χ2n) is 5.60. The number of hydrogen-bond donors (Lipinski definition) is 0. The highest BCUT2D eigenvalue weighted by molar-refractivity contribution is 4.79. The summed E-state index contributed by atoms with van der Waals surface area (Å²) in [5.41, 5.74) is 0.572. The molecule has 0 aliphatic carbocycles. The average molecular weight is 197 g/mol. The third-order valence-corrected chi connectivity index (χ3v) is 3.31. The summed E-state index contributed by atoms with van der Waals surface area (Å²) in [6.45, 7) is 11.1. The van der Waals surface area contributed by atoms with E-state index >= 15 is 0 Å². The van der Waals surface area contributed by atoms with Crippen molar-refractivity contribution < 1.29 is 0 Å². The summed E-state index contributed by atoms with van der Waals surface area (Å²) >= 11 is 0. The van der Waals surface area contributed by atoms with E-state index in [9.17, 15) is 0 Å². The summed E-state index contributed by atoms with van der Waals surface area (Å²) in [4.78, 5) is 2.67.